The second-order valence-corrected chi connectivity index (χ2v) is 8.94. The van der Waals surface area contributed by atoms with Gasteiger partial charge in [0.25, 0.3) is 5.91 Å². The van der Waals surface area contributed by atoms with Crippen LogP contribution in [0.15, 0.2) is 39.5 Å². The third-order valence-electron chi connectivity index (χ3n) is 6.18. The zero-order valence-electron chi connectivity index (χ0n) is 20.3. The Bertz CT molecular complexity index is 1290. The smallest absolute Gasteiger partial charge is 0.290 e. The Labute approximate surface area is 198 Å². The number of benzene rings is 2. The Morgan fingerprint density at radius 3 is 2.56 bits per heavy atom. The van der Waals surface area contributed by atoms with E-state index in [1.54, 1.807) is 17.0 Å². The summed E-state index contributed by atoms with van der Waals surface area (Å²) in [7, 11) is 0. The molecule has 7 nitrogen and oxygen atoms in total. The number of aryl methyl sites for hydroxylation is 2. The first kappa shape index (κ1) is 23.8. The predicted molar refractivity (Wildman–Crippen MR) is 130 cm³/mol. The number of hydrogen-bond acceptors (Lipinski definition) is 6. The lowest BCUT2D eigenvalue weighted by Gasteiger charge is -2.25. The standard InChI is InChI=1S/C27H31NO6/c1-6-32-22-14-18(8-9-20(22)29)24-23-25(30)19-12-16(4)17(5)13-21(19)34-26(23)27(31)28(24)10-7-11-33-15(2)3/h8-9,12-15,24,29H,6-7,10-11H2,1-5H3. The van der Waals surface area contributed by atoms with Gasteiger partial charge in [-0.2, -0.15) is 0 Å². The van der Waals surface area contributed by atoms with Crippen molar-refractivity contribution in [2.45, 2.75) is 53.2 Å². The van der Waals surface area contributed by atoms with Crippen LogP contribution in [-0.4, -0.2) is 41.8 Å². The number of nitrogens with zero attached hydrogens (tertiary/aromatic N) is 1. The molecular weight excluding hydrogens is 434 g/mol. The van der Waals surface area contributed by atoms with E-state index in [1.165, 1.54) is 6.07 Å². The van der Waals surface area contributed by atoms with Crippen LogP contribution in [0.1, 0.15) is 66.0 Å². The fraction of sp³-hybridized carbons (Fsp3) is 0.407. The summed E-state index contributed by atoms with van der Waals surface area (Å²) in [6, 6.07) is 7.91. The summed E-state index contributed by atoms with van der Waals surface area (Å²) in [6.07, 6.45) is 0.699. The molecular formula is C27H31NO6. The van der Waals surface area contributed by atoms with Crippen LogP contribution in [0.25, 0.3) is 11.0 Å². The summed E-state index contributed by atoms with van der Waals surface area (Å²) < 4.78 is 17.3. The first-order chi connectivity index (χ1) is 16.2. The van der Waals surface area contributed by atoms with E-state index in [0.717, 1.165) is 11.1 Å². The van der Waals surface area contributed by atoms with E-state index >= 15 is 0 Å². The highest BCUT2D eigenvalue weighted by molar-refractivity contribution is 5.99. The zero-order valence-corrected chi connectivity index (χ0v) is 20.3. The second-order valence-electron chi connectivity index (χ2n) is 8.94. The number of fused-ring (bicyclic) bond motifs is 2. The molecule has 1 amide bonds. The van der Waals surface area contributed by atoms with Gasteiger partial charge in [0, 0.05) is 13.2 Å². The van der Waals surface area contributed by atoms with Gasteiger partial charge in [0.15, 0.2) is 16.9 Å². The third-order valence-corrected chi connectivity index (χ3v) is 6.18. The molecule has 0 spiro atoms. The van der Waals surface area contributed by atoms with E-state index in [9.17, 15) is 14.7 Å². The number of phenolic OH excluding ortho intramolecular Hbond substituents is 1. The van der Waals surface area contributed by atoms with Crippen LogP contribution in [0.5, 0.6) is 11.5 Å². The minimum absolute atomic E-state index is 0.00340. The topological polar surface area (TPSA) is 89.2 Å². The second kappa shape index (κ2) is 9.50. The van der Waals surface area contributed by atoms with E-state index in [1.807, 2.05) is 46.8 Å². The molecule has 1 unspecified atom stereocenters. The fourth-order valence-corrected chi connectivity index (χ4v) is 4.38. The highest BCUT2D eigenvalue weighted by Gasteiger charge is 2.42. The summed E-state index contributed by atoms with van der Waals surface area (Å²) >= 11 is 0. The van der Waals surface area contributed by atoms with Crippen molar-refractivity contribution in [2.24, 2.45) is 0 Å². The average Bonchev–Trinajstić information content (AvgIpc) is 3.06. The van der Waals surface area contributed by atoms with Gasteiger partial charge in [-0.15, -0.1) is 0 Å². The molecule has 0 saturated heterocycles. The van der Waals surface area contributed by atoms with Crippen LogP contribution >= 0.6 is 0 Å². The van der Waals surface area contributed by atoms with Gasteiger partial charge in [0.05, 0.1) is 29.7 Å². The first-order valence-electron chi connectivity index (χ1n) is 11.7. The summed E-state index contributed by atoms with van der Waals surface area (Å²) in [5.41, 5.74) is 3.15. The molecule has 3 aromatic rings. The number of aromatic hydroxyl groups is 1. The van der Waals surface area contributed by atoms with Crippen molar-refractivity contribution < 1.29 is 23.8 Å². The molecule has 2 heterocycles. The SMILES string of the molecule is CCOc1cc(C2c3c(oc4cc(C)c(C)cc4c3=O)C(=O)N2CCCOC(C)C)ccc1O. The molecule has 7 heteroatoms. The zero-order chi connectivity index (χ0) is 24.6. The molecule has 1 aliphatic rings. The molecule has 1 aliphatic heterocycles. The molecule has 0 aliphatic carbocycles. The number of phenols is 1. The highest BCUT2D eigenvalue weighted by Crippen LogP contribution is 2.41. The van der Waals surface area contributed by atoms with Crippen molar-refractivity contribution in [1.82, 2.24) is 4.90 Å². The molecule has 0 radical (unpaired) electrons. The van der Waals surface area contributed by atoms with Gasteiger partial charge < -0.3 is 23.9 Å². The van der Waals surface area contributed by atoms with Crippen LogP contribution in [0.2, 0.25) is 0 Å². The van der Waals surface area contributed by atoms with E-state index in [0.29, 0.717) is 54.0 Å². The van der Waals surface area contributed by atoms with Gasteiger partial charge in [-0.05, 0) is 82.0 Å². The lowest BCUT2D eigenvalue weighted by Crippen LogP contribution is -2.31. The summed E-state index contributed by atoms with van der Waals surface area (Å²) in [5, 5.41) is 10.6. The minimum atomic E-state index is -0.649. The van der Waals surface area contributed by atoms with Gasteiger partial charge >= 0.3 is 0 Å². The number of ether oxygens (including phenoxy) is 2. The third kappa shape index (κ3) is 4.28. The number of amides is 1. The van der Waals surface area contributed by atoms with Crippen LogP contribution in [0.3, 0.4) is 0 Å². The van der Waals surface area contributed by atoms with Crippen molar-refractivity contribution in [3.63, 3.8) is 0 Å². The van der Waals surface area contributed by atoms with Crippen molar-refractivity contribution in [1.29, 1.82) is 0 Å². The number of carbonyl (C=O) groups excluding carboxylic acids is 1. The fourth-order valence-electron chi connectivity index (χ4n) is 4.38. The summed E-state index contributed by atoms with van der Waals surface area (Å²) in [6.45, 7) is 10.9. The van der Waals surface area contributed by atoms with E-state index in [2.05, 4.69) is 0 Å². The Kier molecular flexibility index (Phi) is 6.66. The molecule has 1 atom stereocenters. The molecule has 180 valence electrons. The van der Waals surface area contributed by atoms with Gasteiger partial charge in [0.2, 0.25) is 5.76 Å². The maximum Gasteiger partial charge on any atom is 0.290 e. The van der Waals surface area contributed by atoms with Gasteiger partial charge in [-0.25, -0.2) is 0 Å². The maximum absolute atomic E-state index is 13.7. The number of hydrogen-bond donors (Lipinski definition) is 1. The molecule has 4 rings (SSSR count). The Balaban J connectivity index is 1.86. The van der Waals surface area contributed by atoms with Crippen LogP contribution in [0, 0.1) is 13.8 Å². The molecule has 2 aromatic carbocycles. The van der Waals surface area contributed by atoms with Gasteiger partial charge in [-0.3, -0.25) is 9.59 Å². The summed E-state index contributed by atoms with van der Waals surface area (Å²) in [4.78, 5) is 28.9. The van der Waals surface area contributed by atoms with Crippen molar-refractivity contribution in [3.05, 3.63) is 68.6 Å². The van der Waals surface area contributed by atoms with Crippen molar-refractivity contribution in [2.75, 3.05) is 19.8 Å². The number of carbonyl (C=O) groups is 1. The Morgan fingerprint density at radius 1 is 1.12 bits per heavy atom. The van der Waals surface area contributed by atoms with E-state index in [-0.39, 0.29) is 28.9 Å². The first-order valence-corrected chi connectivity index (χ1v) is 11.7. The molecule has 1 aromatic heterocycles. The van der Waals surface area contributed by atoms with Gasteiger partial charge in [0.1, 0.15) is 5.58 Å². The largest absolute Gasteiger partial charge is 0.504 e. The van der Waals surface area contributed by atoms with Crippen molar-refractivity contribution in [3.8, 4) is 11.5 Å². The lowest BCUT2D eigenvalue weighted by molar-refractivity contribution is 0.0593. The minimum Gasteiger partial charge on any atom is -0.504 e. The molecule has 1 N–H and O–H groups in total. The summed E-state index contributed by atoms with van der Waals surface area (Å²) in [5.74, 6) is 0.0543. The van der Waals surface area contributed by atoms with Gasteiger partial charge in [-0.1, -0.05) is 6.07 Å². The maximum atomic E-state index is 13.7. The Morgan fingerprint density at radius 2 is 1.85 bits per heavy atom. The average molecular weight is 466 g/mol. The molecule has 0 bridgehead atoms. The normalized spacial score (nSPS) is 15.4. The monoisotopic (exact) mass is 465 g/mol. The van der Waals surface area contributed by atoms with Crippen LogP contribution in [-0.2, 0) is 4.74 Å². The molecule has 34 heavy (non-hydrogen) atoms. The Hall–Kier alpha value is -3.32. The predicted octanol–water partition coefficient (Wildman–Crippen LogP) is 4.87. The van der Waals surface area contributed by atoms with E-state index in [4.69, 9.17) is 13.9 Å². The molecule has 0 fully saturated rings. The highest BCUT2D eigenvalue weighted by atomic mass is 16.5. The van der Waals surface area contributed by atoms with E-state index < -0.39 is 6.04 Å². The van der Waals surface area contributed by atoms with Crippen molar-refractivity contribution >= 4 is 16.9 Å². The van der Waals surface area contributed by atoms with Crippen LogP contribution in [0.4, 0.5) is 0 Å². The molecule has 0 saturated carbocycles. The quantitative estimate of drug-likeness (QED) is 0.477. The lowest BCUT2D eigenvalue weighted by atomic mass is 9.97. The van der Waals surface area contributed by atoms with Crippen LogP contribution < -0.4 is 10.2 Å². The number of rotatable bonds is 8.